The van der Waals surface area contributed by atoms with E-state index < -0.39 is 0 Å². The third kappa shape index (κ3) is 2.47. The highest BCUT2D eigenvalue weighted by Crippen LogP contribution is 2.31. The van der Waals surface area contributed by atoms with Gasteiger partial charge in [-0.3, -0.25) is 9.78 Å². The van der Waals surface area contributed by atoms with Gasteiger partial charge < -0.3 is 11.1 Å². The molecule has 0 bridgehead atoms. The Morgan fingerprint density at radius 2 is 2.25 bits per heavy atom. The molecule has 0 saturated carbocycles. The lowest BCUT2D eigenvalue weighted by Gasteiger charge is -2.26. The van der Waals surface area contributed by atoms with Crippen molar-refractivity contribution in [1.82, 2.24) is 15.3 Å². The molecule has 0 radical (unpaired) electrons. The molecule has 1 aromatic carbocycles. The monoisotopic (exact) mass is 268 g/mol. The first-order valence-corrected chi connectivity index (χ1v) is 6.69. The van der Waals surface area contributed by atoms with Crippen LogP contribution >= 0.6 is 0 Å². The van der Waals surface area contributed by atoms with Crippen molar-refractivity contribution in [3.05, 3.63) is 53.6 Å². The summed E-state index contributed by atoms with van der Waals surface area (Å²) in [6.07, 6.45) is 7.53. The van der Waals surface area contributed by atoms with Gasteiger partial charge in [0.15, 0.2) is 0 Å². The molecule has 5 nitrogen and oxygen atoms in total. The summed E-state index contributed by atoms with van der Waals surface area (Å²) in [5.74, 6) is -0.187. The van der Waals surface area contributed by atoms with Gasteiger partial charge in [0.05, 0.1) is 12.2 Å². The maximum absolute atomic E-state index is 12.2. The number of carbonyl (C=O) groups excluding carboxylic acids is 1. The Balaban J connectivity index is 1.81. The Labute approximate surface area is 117 Å². The molecule has 1 atom stereocenters. The van der Waals surface area contributed by atoms with Gasteiger partial charge >= 0.3 is 0 Å². The first-order chi connectivity index (χ1) is 9.74. The Morgan fingerprint density at radius 1 is 1.35 bits per heavy atom. The molecule has 0 spiro atoms. The van der Waals surface area contributed by atoms with E-state index in [1.54, 1.807) is 6.20 Å². The van der Waals surface area contributed by atoms with Crippen LogP contribution in [-0.2, 0) is 6.42 Å². The molecule has 102 valence electrons. The maximum atomic E-state index is 12.2. The normalized spacial score (nSPS) is 17.3. The largest absolute Gasteiger partial charge is 0.399 e. The molecule has 1 aromatic heterocycles. The van der Waals surface area contributed by atoms with E-state index in [0.29, 0.717) is 5.69 Å². The van der Waals surface area contributed by atoms with Gasteiger partial charge in [0.2, 0.25) is 0 Å². The van der Waals surface area contributed by atoms with E-state index in [-0.39, 0.29) is 11.9 Å². The fourth-order valence-electron chi connectivity index (χ4n) is 2.63. The summed E-state index contributed by atoms with van der Waals surface area (Å²) in [4.78, 5) is 20.1. The molecule has 3 rings (SSSR count). The van der Waals surface area contributed by atoms with Crippen molar-refractivity contribution in [3.63, 3.8) is 0 Å². The zero-order valence-electron chi connectivity index (χ0n) is 11.0. The average Bonchev–Trinajstić information content (AvgIpc) is 2.48. The topological polar surface area (TPSA) is 80.9 Å². The first kappa shape index (κ1) is 12.6. The van der Waals surface area contributed by atoms with Crippen LogP contribution in [0.3, 0.4) is 0 Å². The van der Waals surface area contributed by atoms with Crippen LogP contribution in [0.15, 0.2) is 36.8 Å². The quantitative estimate of drug-likeness (QED) is 0.815. The number of nitrogens with one attached hydrogen (secondary N) is 1. The van der Waals surface area contributed by atoms with Crippen LogP contribution in [0.25, 0.3) is 0 Å². The molecule has 0 saturated heterocycles. The van der Waals surface area contributed by atoms with Crippen LogP contribution in [-0.4, -0.2) is 15.9 Å². The number of anilines is 1. The Bertz CT molecular complexity index is 627. The van der Waals surface area contributed by atoms with Crippen molar-refractivity contribution < 1.29 is 4.79 Å². The van der Waals surface area contributed by atoms with E-state index in [0.717, 1.165) is 30.5 Å². The zero-order valence-corrected chi connectivity index (χ0v) is 11.0. The van der Waals surface area contributed by atoms with Crippen LogP contribution in [0.5, 0.6) is 0 Å². The van der Waals surface area contributed by atoms with Gasteiger partial charge in [-0.15, -0.1) is 0 Å². The van der Waals surface area contributed by atoms with Crippen molar-refractivity contribution in [2.75, 3.05) is 5.73 Å². The van der Waals surface area contributed by atoms with Crippen LogP contribution in [0.4, 0.5) is 5.69 Å². The van der Waals surface area contributed by atoms with Crippen LogP contribution < -0.4 is 11.1 Å². The zero-order chi connectivity index (χ0) is 13.9. The van der Waals surface area contributed by atoms with E-state index in [2.05, 4.69) is 15.3 Å². The van der Waals surface area contributed by atoms with Crippen molar-refractivity contribution in [1.29, 1.82) is 0 Å². The van der Waals surface area contributed by atoms with Gasteiger partial charge in [-0.1, -0.05) is 6.07 Å². The van der Waals surface area contributed by atoms with E-state index in [1.807, 2.05) is 18.2 Å². The molecule has 20 heavy (non-hydrogen) atoms. The molecule has 0 aliphatic heterocycles. The number of nitrogens with zero attached hydrogens (tertiary/aromatic N) is 2. The fraction of sp³-hybridized carbons (Fsp3) is 0.267. The fourth-order valence-corrected chi connectivity index (χ4v) is 2.63. The lowest BCUT2D eigenvalue weighted by atomic mass is 9.87. The van der Waals surface area contributed by atoms with E-state index in [1.165, 1.54) is 18.0 Å². The number of benzene rings is 1. The highest BCUT2D eigenvalue weighted by atomic mass is 16.1. The molecule has 1 aliphatic rings. The van der Waals surface area contributed by atoms with Gasteiger partial charge in [0.25, 0.3) is 5.91 Å². The lowest BCUT2D eigenvalue weighted by molar-refractivity contribution is 0.0927. The summed E-state index contributed by atoms with van der Waals surface area (Å²) >= 11 is 0. The number of fused-ring (bicyclic) bond motifs is 1. The van der Waals surface area contributed by atoms with Crippen LogP contribution in [0.1, 0.15) is 40.5 Å². The minimum atomic E-state index is -0.187. The minimum absolute atomic E-state index is 0.0221. The molecule has 0 fully saturated rings. The Morgan fingerprint density at radius 3 is 3.05 bits per heavy atom. The van der Waals surface area contributed by atoms with Gasteiger partial charge in [0, 0.05) is 18.1 Å². The van der Waals surface area contributed by atoms with Crippen molar-refractivity contribution in [3.8, 4) is 0 Å². The van der Waals surface area contributed by atoms with E-state index >= 15 is 0 Å². The van der Waals surface area contributed by atoms with E-state index in [4.69, 9.17) is 5.73 Å². The maximum Gasteiger partial charge on any atom is 0.271 e. The summed E-state index contributed by atoms with van der Waals surface area (Å²) in [5, 5.41) is 3.03. The average molecular weight is 268 g/mol. The molecular formula is C15H16N4O. The van der Waals surface area contributed by atoms with Gasteiger partial charge in [0.1, 0.15) is 5.69 Å². The molecule has 2 aromatic rings. The number of aryl methyl sites for hydroxylation is 1. The van der Waals surface area contributed by atoms with Gasteiger partial charge in [-0.2, -0.15) is 0 Å². The smallest absolute Gasteiger partial charge is 0.271 e. The second-order valence-corrected chi connectivity index (χ2v) is 4.97. The molecular weight excluding hydrogens is 252 g/mol. The second-order valence-electron chi connectivity index (χ2n) is 4.97. The molecule has 1 unspecified atom stereocenters. The lowest BCUT2D eigenvalue weighted by Crippen LogP contribution is -2.31. The molecule has 5 heteroatoms. The molecule has 1 amide bonds. The third-order valence-electron chi connectivity index (χ3n) is 3.58. The Kier molecular flexibility index (Phi) is 3.33. The number of hydrogen-bond donors (Lipinski definition) is 2. The number of nitrogens with two attached hydrogens (primary N) is 1. The van der Waals surface area contributed by atoms with Crippen molar-refractivity contribution in [2.45, 2.75) is 25.3 Å². The predicted molar refractivity (Wildman–Crippen MR) is 76.0 cm³/mol. The molecule has 3 N–H and O–H groups in total. The van der Waals surface area contributed by atoms with Crippen molar-refractivity contribution in [2.24, 2.45) is 0 Å². The summed E-state index contributed by atoms with van der Waals surface area (Å²) in [7, 11) is 0. The summed E-state index contributed by atoms with van der Waals surface area (Å²) in [5.41, 5.74) is 9.30. The molecule has 1 aliphatic carbocycles. The van der Waals surface area contributed by atoms with E-state index in [9.17, 15) is 4.79 Å². The van der Waals surface area contributed by atoms with Crippen molar-refractivity contribution >= 4 is 11.6 Å². The summed E-state index contributed by atoms with van der Waals surface area (Å²) in [6.45, 7) is 0. The number of nitrogen functional groups attached to an aromatic ring is 1. The number of rotatable bonds is 2. The standard InChI is InChI=1S/C15H16N4O/c16-11-4-5-12-10(8-11)2-1-3-13(12)19-15(20)14-9-17-6-7-18-14/h4-9,13H,1-3,16H2,(H,19,20). The SMILES string of the molecule is Nc1ccc2c(c1)CCCC2NC(=O)c1cnccn1. The number of aromatic nitrogens is 2. The molecule has 1 heterocycles. The summed E-state index contributed by atoms with van der Waals surface area (Å²) in [6, 6.07) is 5.90. The minimum Gasteiger partial charge on any atom is -0.399 e. The third-order valence-corrected chi connectivity index (χ3v) is 3.58. The summed E-state index contributed by atoms with van der Waals surface area (Å²) < 4.78 is 0. The first-order valence-electron chi connectivity index (χ1n) is 6.69. The number of amides is 1. The van der Waals surface area contributed by atoms with Gasteiger partial charge in [-0.25, -0.2) is 4.98 Å². The second kappa shape index (κ2) is 5.28. The van der Waals surface area contributed by atoms with Crippen LogP contribution in [0.2, 0.25) is 0 Å². The number of hydrogen-bond acceptors (Lipinski definition) is 4. The predicted octanol–water partition coefficient (Wildman–Crippen LogP) is 1.87. The Hall–Kier alpha value is -2.43. The van der Waals surface area contributed by atoms with Gasteiger partial charge in [-0.05, 0) is 42.5 Å². The number of carbonyl (C=O) groups is 1. The highest BCUT2D eigenvalue weighted by molar-refractivity contribution is 5.92. The van der Waals surface area contributed by atoms with Crippen LogP contribution in [0, 0.1) is 0 Å². The highest BCUT2D eigenvalue weighted by Gasteiger charge is 2.22.